The van der Waals surface area contributed by atoms with Crippen LogP contribution < -0.4 is 10.3 Å². The van der Waals surface area contributed by atoms with Crippen LogP contribution >= 0.6 is 0 Å². The van der Waals surface area contributed by atoms with E-state index in [2.05, 4.69) is 10.3 Å². The van der Waals surface area contributed by atoms with Gasteiger partial charge >= 0.3 is 5.97 Å². The Hall–Kier alpha value is -0.615. The molecular weight excluding hydrogens is 343 g/mol. The molecule has 5 heteroatoms. The number of para-hydroxylation sites is 1. The molecule has 2 aromatic rings. The first-order valence-corrected chi connectivity index (χ1v) is 5.25. The number of aliphatic carboxylic acids is 1. The molecule has 85 valence electrons. The third kappa shape index (κ3) is 2.20. The van der Waals surface area contributed by atoms with Crippen molar-refractivity contribution >= 4 is 16.9 Å². The molecule has 0 saturated heterocycles. The molecule has 1 radical (unpaired) electrons. The number of aromatic nitrogens is 1. The number of benzene rings is 1. The van der Waals surface area contributed by atoms with Gasteiger partial charge in [0, 0.05) is 42.1 Å². The topological polar surface area (TPSA) is 63.4 Å². The van der Waals surface area contributed by atoms with Crippen LogP contribution in [0.2, 0.25) is 0 Å². The number of carbonyl (C=O) groups is 1. The average Bonchev–Trinajstić information content (AvgIpc) is 2.66. The summed E-state index contributed by atoms with van der Waals surface area (Å²) in [6.07, 6.45) is 0.519. The average molecular weight is 354 g/mol. The second kappa shape index (κ2) is 4.94. The van der Waals surface area contributed by atoms with Crippen molar-refractivity contribution in [2.24, 2.45) is 0 Å². The number of nitrogens with one attached hydrogen (secondary N) is 1. The van der Waals surface area contributed by atoms with E-state index in [0.29, 0.717) is 13.0 Å². The maximum atomic E-state index is 10.9. The number of rotatable bonds is 1. The van der Waals surface area contributed by atoms with Gasteiger partial charge in [0.1, 0.15) is 6.04 Å². The maximum Gasteiger partial charge on any atom is 0.321 e. The van der Waals surface area contributed by atoms with E-state index in [0.717, 1.165) is 22.2 Å². The smallest absolute Gasteiger partial charge is 0.321 e. The van der Waals surface area contributed by atoms with Crippen molar-refractivity contribution < 1.29 is 45.5 Å². The molecule has 0 aliphatic carbocycles. The van der Waals surface area contributed by atoms with Gasteiger partial charge in [0.2, 0.25) is 0 Å². The first-order chi connectivity index (χ1) is 7.75. The van der Waals surface area contributed by atoms with E-state index < -0.39 is 12.0 Å². The Bertz CT molecular complexity index is 565. The fourth-order valence-corrected chi connectivity index (χ4v) is 2.24. The molecule has 0 unspecified atom stereocenters. The van der Waals surface area contributed by atoms with Gasteiger partial charge in [-0.1, -0.05) is 29.8 Å². The van der Waals surface area contributed by atoms with Crippen LogP contribution in [0, 0.1) is 35.6 Å². The molecule has 0 spiro atoms. The van der Waals surface area contributed by atoms with Crippen LogP contribution in [-0.4, -0.2) is 17.1 Å². The van der Waals surface area contributed by atoms with Crippen LogP contribution in [0.15, 0.2) is 24.3 Å². The molecule has 3 rings (SSSR count). The molecule has 2 heterocycles. The predicted octanol–water partition coefficient (Wildman–Crippen LogP) is 0.896. The minimum absolute atomic E-state index is 0. The molecule has 1 atom stereocenters. The fraction of sp³-hybridized carbons (Fsp3) is 0.250. The second-order valence-electron chi connectivity index (χ2n) is 4.03. The molecule has 4 nitrogen and oxygen atoms in total. The summed E-state index contributed by atoms with van der Waals surface area (Å²) in [5, 5.41) is 13.1. The van der Waals surface area contributed by atoms with Gasteiger partial charge in [-0.05, 0) is 11.8 Å². The first-order valence-electron chi connectivity index (χ1n) is 5.25. The summed E-state index contributed by atoms with van der Waals surface area (Å²) in [5.74, 6) is -0.795. The van der Waals surface area contributed by atoms with Crippen molar-refractivity contribution in [3.8, 4) is 0 Å². The number of nitrogens with zero attached hydrogens (tertiary/aromatic N) is 1. The normalized spacial score (nSPS) is 18.5. The van der Waals surface area contributed by atoms with Crippen LogP contribution in [0.25, 0.3) is 10.9 Å². The van der Waals surface area contributed by atoms with Crippen molar-refractivity contribution in [2.45, 2.75) is 19.0 Å². The molecule has 1 aromatic carbocycles. The molecule has 1 aliphatic rings. The summed E-state index contributed by atoms with van der Waals surface area (Å²) in [7, 11) is 0. The zero-order valence-corrected chi connectivity index (χ0v) is 12.8. The van der Waals surface area contributed by atoms with Crippen LogP contribution in [0.3, 0.4) is 0 Å². The van der Waals surface area contributed by atoms with E-state index in [1.54, 1.807) is 0 Å². The van der Waals surface area contributed by atoms with Crippen LogP contribution in [-0.2, 0) is 17.8 Å². The van der Waals surface area contributed by atoms with Crippen molar-refractivity contribution in [2.75, 3.05) is 0 Å². The van der Waals surface area contributed by atoms with E-state index in [4.69, 9.17) is 5.11 Å². The van der Waals surface area contributed by atoms with Crippen LogP contribution in [0.4, 0.5) is 0 Å². The van der Waals surface area contributed by atoms with Gasteiger partial charge in [-0.25, -0.2) is 0 Å². The maximum absolute atomic E-state index is 10.9. The molecule has 1 aliphatic heterocycles. The second-order valence-corrected chi connectivity index (χ2v) is 4.03. The zero-order chi connectivity index (χ0) is 11.1. The third-order valence-electron chi connectivity index (χ3n) is 3.06. The van der Waals surface area contributed by atoms with Crippen molar-refractivity contribution in [3.05, 3.63) is 35.5 Å². The summed E-state index contributed by atoms with van der Waals surface area (Å²) >= 11 is 0. The van der Waals surface area contributed by atoms with Gasteiger partial charge < -0.3 is 15.4 Å². The minimum atomic E-state index is -0.795. The largest absolute Gasteiger partial charge is 0.660 e. The molecule has 17 heavy (non-hydrogen) atoms. The summed E-state index contributed by atoms with van der Waals surface area (Å²) in [5.41, 5.74) is 3.03. The molecule has 1 aromatic heterocycles. The van der Waals surface area contributed by atoms with E-state index in [9.17, 15) is 4.79 Å². The number of carboxylic acid groups (broad SMARTS) is 1. The fourth-order valence-electron chi connectivity index (χ4n) is 2.24. The summed E-state index contributed by atoms with van der Waals surface area (Å²) in [4.78, 5) is 15.4. The van der Waals surface area contributed by atoms with Gasteiger partial charge in [0.25, 0.3) is 0 Å². The van der Waals surface area contributed by atoms with Gasteiger partial charge in [0.15, 0.2) is 0 Å². The first kappa shape index (κ1) is 12.8. The van der Waals surface area contributed by atoms with Gasteiger partial charge in [-0.15, -0.1) is 11.2 Å². The Balaban J connectivity index is 0.00000108. The molecule has 0 saturated carbocycles. The monoisotopic (exact) mass is 354 g/mol. The Morgan fingerprint density at radius 1 is 1.41 bits per heavy atom. The number of carboxylic acids is 1. The number of hydrogen-bond donors (Lipinski definition) is 2. The molecule has 0 fully saturated rings. The minimum Gasteiger partial charge on any atom is -0.660 e. The van der Waals surface area contributed by atoms with E-state index in [1.165, 1.54) is 0 Å². The molecular formula is C12H11LaN2O2-. The van der Waals surface area contributed by atoms with E-state index in [1.807, 2.05) is 24.3 Å². The predicted molar refractivity (Wildman–Crippen MR) is 59.2 cm³/mol. The van der Waals surface area contributed by atoms with E-state index >= 15 is 0 Å². The quantitative estimate of drug-likeness (QED) is 0.799. The Morgan fingerprint density at radius 3 is 2.94 bits per heavy atom. The van der Waals surface area contributed by atoms with Crippen LogP contribution in [0.1, 0.15) is 11.3 Å². The van der Waals surface area contributed by atoms with Gasteiger partial charge in [-0.3, -0.25) is 4.79 Å². The molecule has 0 bridgehead atoms. The van der Waals surface area contributed by atoms with Crippen molar-refractivity contribution in [1.29, 1.82) is 0 Å². The summed E-state index contributed by atoms with van der Waals surface area (Å²) < 4.78 is 0. The standard InChI is InChI=1S/C12H11N2O2.La/c15-12(16)10-5-8-7-3-1-2-4-9(7)14-11(8)6-13-10;/h1-4,10,13H,5-6H2,(H,15,16);/q-1;/t10-;/m1./s1. The Morgan fingerprint density at radius 2 is 2.18 bits per heavy atom. The van der Waals surface area contributed by atoms with E-state index in [-0.39, 0.29) is 35.6 Å². The molecule has 0 amide bonds. The van der Waals surface area contributed by atoms with Crippen LogP contribution in [0.5, 0.6) is 0 Å². The summed E-state index contributed by atoms with van der Waals surface area (Å²) in [6.45, 7) is 0.543. The van der Waals surface area contributed by atoms with Crippen molar-refractivity contribution in [3.63, 3.8) is 0 Å². The summed E-state index contributed by atoms with van der Waals surface area (Å²) in [6, 6.07) is 7.39. The SMILES string of the molecule is O=C(O)[C@H]1Cc2c([n-]c3ccccc23)CN1.[La]. The Labute approximate surface area is 126 Å². The van der Waals surface area contributed by atoms with Gasteiger partial charge in [0.05, 0.1) is 0 Å². The Kier molecular flexibility index (Phi) is 3.73. The number of fused-ring (bicyclic) bond motifs is 3. The number of hydrogen-bond acceptors (Lipinski definition) is 2. The van der Waals surface area contributed by atoms with Crippen molar-refractivity contribution in [1.82, 2.24) is 10.3 Å². The zero-order valence-electron chi connectivity index (χ0n) is 9.18. The third-order valence-corrected chi connectivity index (χ3v) is 3.06. The van der Waals surface area contributed by atoms with Gasteiger partial charge in [-0.2, -0.15) is 0 Å². The molecule has 2 N–H and O–H groups in total.